The zero-order chi connectivity index (χ0) is 20.2. The number of nitrogens with one attached hydrogen (secondary N) is 2. The summed E-state index contributed by atoms with van der Waals surface area (Å²) in [6, 6.07) is 4.27. The predicted octanol–water partition coefficient (Wildman–Crippen LogP) is 3.75. The van der Waals surface area contributed by atoms with Gasteiger partial charge in [0.15, 0.2) is 22.7 Å². The molecule has 7 nitrogen and oxygen atoms in total. The van der Waals surface area contributed by atoms with E-state index in [0.717, 1.165) is 6.42 Å². The number of methoxy groups -OCH3 is 1. The lowest BCUT2D eigenvalue weighted by Gasteiger charge is -2.27. The summed E-state index contributed by atoms with van der Waals surface area (Å²) < 4.78 is 25.1. The first kappa shape index (κ1) is 19.4. The van der Waals surface area contributed by atoms with Crippen LogP contribution in [0.25, 0.3) is 11.2 Å². The Labute approximate surface area is 167 Å². The summed E-state index contributed by atoms with van der Waals surface area (Å²) in [4.78, 5) is 26.1. The first-order valence-corrected chi connectivity index (χ1v) is 10.0. The van der Waals surface area contributed by atoms with Gasteiger partial charge in [-0.2, -0.15) is 0 Å². The zero-order valence-corrected chi connectivity index (χ0v) is 16.4. The molecule has 154 valence electrons. The molecule has 3 aromatic rings. The summed E-state index contributed by atoms with van der Waals surface area (Å²) >= 11 is 0. The van der Waals surface area contributed by atoms with Crippen molar-refractivity contribution in [3.05, 3.63) is 46.5 Å². The molecule has 8 heteroatoms. The number of fused-ring (bicyclic) bond motifs is 1. The molecule has 0 aliphatic heterocycles. The number of hydrogen-bond donors (Lipinski definition) is 2. The third-order valence-corrected chi connectivity index (χ3v) is 5.50. The molecular formula is C21H25FN4O3. The molecule has 2 heterocycles. The van der Waals surface area contributed by atoms with Gasteiger partial charge in [-0.3, -0.25) is 4.79 Å². The summed E-state index contributed by atoms with van der Waals surface area (Å²) in [5, 5.41) is 0. The first-order valence-electron chi connectivity index (χ1n) is 10.0. The van der Waals surface area contributed by atoms with Crippen molar-refractivity contribution in [3.8, 4) is 11.5 Å². The molecule has 29 heavy (non-hydrogen) atoms. The van der Waals surface area contributed by atoms with Crippen LogP contribution in [-0.2, 0) is 6.42 Å². The van der Waals surface area contributed by atoms with Crippen LogP contribution in [0, 0.1) is 11.7 Å². The van der Waals surface area contributed by atoms with E-state index in [1.54, 1.807) is 6.07 Å². The molecule has 0 amide bonds. The Kier molecular flexibility index (Phi) is 5.78. The van der Waals surface area contributed by atoms with Crippen LogP contribution in [0.4, 0.5) is 4.39 Å². The van der Waals surface area contributed by atoms with E-state index in [2.05, 4.69) is 19.9 Å². The fourth-order valence-corrected chi connectivity index (χ4v) is 4.09. The summed E-state index contributed by atoms with van der Waals surface area (Å²) in [5.41, 5.74) is 0.497. The maximum Gasteiger partial charge on any atom is 0.276 e. The van der Waals surface area contributed by atoms with E-state index in [-0.39, 0.29) is 17.5 Å². The van der Waals surface area contributed by atoms with Gasteiger partial charge >= 0.3 is 0 Å². The molecular weight excluding hydrogens is 375 g/mol. The van der Waals surface area contributed by atoms with Gasteiger partial charge in [0, 0.05) is 12.5 Å². The topological polar surface area (TPSA) is 92.9 Å². The van der Waals surface area contributed by atoms with E-state index in [0.29, 0.717) is 40.8 Å². The van der Waals surface area contributed by atoms with Crippen LogP contribution in [0.5, 0.6) is 11.5 Å². The predicted molar refractivity (Wildman–Crippen MR) is 107 cm³/mol. The van der Waals surface area contributed by atoms with E-state index in [1.807, 2.05) is 0 Å². The Morgan fingerprint density at radius 3 is 2.83 bits per heavy atom. The molecule has 1 aromatic carbocycles. The summed E-state index contributed by atoms with van der Waals surface area (Å²) in [5.74, 6) is 1.71. The molecule has 1 saturated carbocycles. The molecule has 1 aliphatic carbocycles. The van der Waals surface area contributed by atoms with Crippen molar-refractivity contribution in [2.75, 3.05) is 7.11 Å². The average Bonchev–Trinajstić information content (AvgIpc) is 3.14. The Hall–Kier alpha value is -2.90. The highest BCUT2D eigenvalue weighted by Gasteiger charge is 2.23. The maximum atomic E-state index is 13.6. The van der Waals surface area contributed by atoms with Crippen molar-refractivity contribution >= 4 is 11.2 Å². The molecule has 4 rings (SSSR count). The van der Waals surface area contributed by atoms with E-state index in [4.69, 9.17) is 9.47 Å². The number of H-pyrrole nitrogens is 2. The standard InChI is InChI=1S/C21H25FN4O3/c1-28-17-10-14(22)7-8-16(17)29-15(9-13-5-3-2-4-6-13)11-18-25-19-20(26-18)23-12-24-21(19)27/h7-8,10,12-13,15H,2-6,9,11H2,1H3,(H2,23,24,25,26,27). The fraction of sp³-hybridized carbons (Fsp3) is 0.476. The lowest BCUT2D eigenvalue weighted by atomic mass is 9.85. The molecule has 0 saturated heterocycles. The summed E-state index contributed by atoms with van der Waals surface area (Å²) in [6.45, 7) is 0. The second-order valence-corrected chi connectivity index (χ2v) is 7.59. The van der Waals surface area contributed by atoms with Crippen LogP contribution >= 0.6 is 0 Å². The number of halogens is 1. The minimum Gasteiger partial charge on any atom is -0.493 e. The molecule has 1 aliphatic rings. The van der Waals surface area contributed by atoms with Crippen molar-refractivity contribution < 1.29 is 13.9 Å². The van der Waals surface area contributed by atoms with Crippen molar-refractivity contribution in [3.63, 3.8) is 0 Å². The van der Waals surface area contributed by atoms with Crippen LogP contribution in [0.3, 0.4) is 0 Å². The Bertz CT molecular complexity index is 1030. The molecule has 1 unspecified atom stereocenters. The number of benzene rings is 1. The lowest BCUT2D eigenvalue weighted by Crippen LogP contribution is -2.25. The molecule has 1 atom stereocenters. The number of rotatable bonds is 7. The van der Waals surface area contributed by atoms with Crippen molar-refractivity contribution in [1.82, 2.24) is 19.9 Å². The van der Waals surface area contributed by atoms with Crippen molar-refractivity contribution in [2.24, 2.45) is 5.92 Å². The van der Waals surface area contributed by atoms with Gasteiger partial charge in [0.05, 0.1) is 13.4 Å². The highest BCUT2D eigenvalue weighted by atomic mass is 19.1. The molecule has 1 fully saturated rings. The highest BCUT2D eigenvalue weighted by Crippen LogP contribution is 2.33. The van der Waals surface area contributed by atoms with Crippen LogP contribution < -0.4 is 15.0 Å². The first-order chi connectivity index (χ1) is 14.1. The maximum absolute atomic E-state index is 13.6. The van der Waals surface area contributed by atoms with Gasteiger partial charge in [0.1, 0.15) is 17.7 Å². The highest BCUT2D eigenvalue weighted by molar-refractivity contribution is 5.68. The largest absolute Gasteiger partial charge is 0.493 e. The van der Waals surface area contributed by atoms with E-state index in [1.165, 1.54) is 57.7 Å². The minimum absolute atomic E-state index is 0.183. The quantitative estimate of drug-likeness (QED) is 0.630. The SMILES string of the molecule is COc1cc(F)ccc1OC(Cc1nc2nc[nH]c(=O)c2[nH]1)CC1CCCCC1. The normalized spacial score (nSPS) is 16.1. The molecule has 0 bridgehead atoms. The fourth-order valence-electron chi connectivity index (χ4n) is 4.09. The third-order valence-electron chi connectivity index (χ3n) is 5.50. The van der Waals surface area contributed by atoms with E-state index in [9.17, 15) is 9.18 Å². The van der Waals surface area contributed by atoms with Gasteiger partial charge in [0.25, 0.3) is 5.56 Å². The van der Waals surface area contributed by atoms with E-state index < -0.39 is 0 Å². The number of aromatic amines is 2. The summed E-state index contributed by atoms with van der Waals surface area (Å²) in [6.07, 6.45) is 8.64. The lowest BCUT2D eigenvalue weighted by molar-refractivity contribution is 0.146. The van der Waals surface area contributed by atoms with Gasteiger partial charge < -0.3 is 19.4 Å². The number of imidazole rings is 1. The number of aromatic nitrogens is 4. The average molecular weight is 400 g/mol. The monoisotopic (exact) mass is 400 g/mol. The van der Waals surface area contributed by atoms with Crippen LogP contribution in [-0.4, -0.2) is 33.1 Å². The smallest absolute Gasteiger partial charge is 0.276 e. The van der Waals surface area contributed by atoms with Crippen LogP contribution in [0.15, 0.2) is 29.3 Å². The van der Waals surface area contributed by atoms with Crippen LogP contribution in [0.1, 0.15) is 44.3 Å². The van der Waals surface area contributed by atoms with Gasteiger partial charge in [-0.25, -0.2) is 14.4 Å². The molecule has 0 radical (unpaired) electrons. The number of hydrogen-bond acceptors (Lipinski definition) is 5. The van der Waals surface area contributed by atoms with Crippen molar-refractivity contribution in [1.29, 1.82) is 0 Å². The molecule has 0 spiro atoms. The van der Waals surface area contributed by atoms with Gasteiger partial charge in [-0.1, -0.05) is 32.1 Å². The molecule has 2 aromatic heterocycles. The van der Waals surface area contributed by atoms with Crippen LogP contribution in [0.2, 0.25) is 0 Å². The number of ether oxygens (including phenoxy) is 2. The zero-order valence-electron chi connectivity index (χ0n) is 16.4. The second-order valence-electron chi connectivity index (χ2n) is 7.59. The Morgan fingerprint density at radius 2 is 2.07 bits per heavy atom. The Balaban J connectivity index is 1.58. The van der Waals surface area contributed by atoms with Gasteiger partial charge in [-0.15, -0.1) is 0 Å². The van der Waals surface area contributed by atoms with Gasteiger partial charge in [0.2, 0.25) is 0 Å². The third kappa shape index (κ3) is 4.58. The van der Waals surface area contributed by atoms with Gasteiger partial charge in [-0.05, 0) is 24.5 Å². The Morgan fingerprint density at radius 1 is 1.24 bits per heavy atom. The second kappa shape index (κ2) is 8.63. The molecule has 2 N–H and O–H groups in total. The minimum atomic E-state index is -0.374. The number of nitrogens with zero attached hydrogens (tertiary/aromatic N) is 2. The van der Waals surface area contributed by atoms with Crippen molar-refractivity contribution in [2.45, 2.75) is 51.0 Å². The summed E-state index contributed by atoms with van der Waals surface area (Å²) in [7, 11) is 1.50. The van der Waals surface area contributed by atoms with E-state index >= 15 is 0 Å².